The number of rotatable bonds is 4. The number of carbonyl (C=O) groups is 2. The minimum atomic E-state index is -0.303. The molecule has 0 radical (unpaired) electrons. The van der Waals surface area contributed by atoms with Crippen LogP contribution in [0.25, 0.3) is 0 Å². The van der Waals surface area contributed by atoms with Gasteiger partial charge in [0.25, 0.3) is 5.91 Å². The molecule has 2 heterocycles. The number of hydrogen-bond acceptors (Lipinski definition) is 3. The van der Waals surface area contributed by atoms with Gasteiger partial charge in [-0.15, -0.1) is 0 Å². The highest BCUT2D eigenvalue weighted by Gasteiger charge is 2.29. The topological polar surface area (TPSA) is 62.6 Å². The summed E-state index contributed by atoms with van der Waals surface area (Å²) in [6.45, 7) is 2.90. The first-order valence-electron chi connectivity index (χ1n) is 8.42. The van der Waals surface area contributed by atoms with Gasteiger partial charge >= 0.3 is 0 Å². The molecule has 0 saturated carbocycles. The number of carbonyl (C=O) groups excluding carboxylic acids is 2. The fourth-order valence-corrected chi connectivity index (χ4v) is 3.11. The van der Waals surface area contributed by atoms with E-state index in [0.717, 1.165) is 18.4 Å². The van der Waals surface area contributed by atoms with Crippen molar-refractivity contribution in [3.05, 3.63) is 59.8 Å². The fraction of sp³-hybridized carbons (Fsp3) is 0.368. The zero-order valence-electron chi connectivity index (χ0n) is 14.1. The molecular weight excluding hydrogens is 323 g/mol. The predicted molar refractivity (Wildman–Crippen MR) is 90.3 cm³/mol. The Labute approximate surface area is 145 Å². The second-order valence-corrected chi connectivity index (χ2v) is 6.38. The van der Waals surface area contributed by atoms with Crippen molar-refractivity contribution in [1.29, 1.82) is 0 Å². The van der Waals surface area contributed by atoms with Gasteiger partial charge in [-0.25, -0.2) is 4.39 Å². The van der Waals surface area contributed by atoms with Crippen molar-refractivity contribution < 1.29 is 18.4 Å². The van der Waals surface area contributed by atoms with E-state index in [1.54, 1.807) is 23.1 Å². The fourth-order valence-electron chi connectivity index (χ4n) is 3.11. The highest BCUT2D eigenvalue weighted by molar-refractivity contribution is 5.94. The summed E-state index contributed by atoms with van der Waals surface area (Å²) in [6.07, 6.45) is 4.41. The van der Waals surface area contributed by atoms with Crippen molar-refractivity contribution >= 4 is 11.8 Å². The van der Waals surface area contributed by atoms with Gasteiger partial charge in [0.2, 0.25) is 5.91 Å². The molecule has 2 unspecified atom stereocenters. The van der Waals surface area contributed by atoms with E-state index in [2.05, 4.69) is 5.32 Å². The van der Waals surface area contributed by atoms with Crippen molar-refractivity contribution in [2.75, 3.05) is 13.1 Å². The molecule has 1 aliphatic heterocycles. The Morgan fingerprint density at radius 2 is 2.04 bits per heavy atom. The molecule has 2 atom stereocenters. The SMILES string of the molecule is CC(NC(=O)C1CCCN(C(=O)c2ccoc2)C1)c1ccc(F)cc1. The number of hydrogen-bond donors (Lipinski definition) is 1. The molecule has 2 amide bonds. The molecule has 1 N–H and O–H groups in total. The van der Waals surface area contributed by atoms with E-state index < -0.39 is 0 Å². The molecule has 1 aromatic carbocycles. The Kier molecular flexibility index (Phi) is 5.16. The average Bonchev–Trinajstić information content (AvgIpc) is 3.16. The van der Waals surface area contributed by atoms with E-state index in [0.29, 0.717) is 18.7 Å². The third-order valence-corrected chi connectivity index (χ3v) is 4.58. The third kappa shape index (κ3) is 4.07. The molecule has 25 heavy (non-hydrogen) atoms. The van der Waals surface area contributed by atoms with Crippen molar-refractivity contribution in [2.45, 2.75) is 25.8 Å². The monoisotopic (exact) mass is 344 g/mol. The molecule has 2 aromatic rings. The van der Waals surface area contributed by atoms with Crippen LogP contribution < -0.4 is 5.32 Å². The Bertz CT molecular complexity index is 728. The molecule has 5 nitrogen and oxygen atoms in total. The maximum Gasteiger partial charge on any atom is 0.257 e. The van der Waals surface area contributed by atoms with Crippen LogP contribution in [0.5, 0.6) is 0 Å². The summed E-state index contributed by atoms with van der Waals surface area (Å²) in [6, 6.07) is 7.50. The van der Waals surface area contributed by atoms with Crippen LogP contribution in [0, 0.1) is 11.7 Å². The molecule has 0 bridgehead atoms. The second-order valence-electron chi connectivity index (χ2n) is 6.38. The highest BCUT2D eigenvalue weighted by atomic mass is 19.1. The van der Waals surface area contributed by atoms with Crippen LogP contribution in [0.3, 0.4) is 0 Å². The van der Waals surface area contributed by atoms with Gasteiger partial charge in [-0.3, -0.25) is 9.59 Å². The van der Waals surface area contributed by atoms with E-state index >= 15 is 0 Å². The molecular formula is C19H21FN2O3. The number of likely N-dealkylation sites (tertiary alicyclic amines) is 1. The first-order valence-corrected chi connectivity index (χ1v) is 8.42. The van der Waals surface area contributed by atoms with Crippen molar-refractivity contribution in [1.82, 2.24) is 10.2 Å². The number of benzene rings is 1. The first kappa shape index (κ1) is 17.2. The van der Waals surface area contributed by atoms with Gasteiger partial charge in [-0.1, -0.05) is 12.1 Å². The molecule has 3 rings (SSSR count). The molecule has 6 heteroatoms. The van der Waals surface area contributed by atoms with Gasteiger partial charge < -0.3 is 14.6 Å². The summed E-state index contributed by atoms with van der Waals surface area (Å²) in [5.74, 6) is -0.741. The van der Waals surface area contributed by atoms with Crippen LogP contribution in [-0.4, -0.2) is 29.8 Å². The lowest BCUT2D eigenvalue weighted by atomic mass is 9.96. The van der Waals surface area contributed by atoms with Crippen LogP contribution in [0.15, 0.2) is 47.3 Å². The van der Waals surface area contributed by atoms with E-state index in [1.165, 1.54) is 24.7 Å². The van der Waals surface area contributed by atoms with Gasteiger partial charge in [-0.2, -0.15) is 0 Å². The van der Waals surface area contributed by atoms with Crippen molar-refractivity contribution in [3.8, 4) is 0 Å². The number of halogens is 1. The Morgan fingerprint density at radius 1 is 1.28 bits per heavy atom. The highest BCUT2D eigenvalue weighted by Crippen LogP contribution is 2.21. The Balaban J connectivity index is 1.60. The maximum atomic E-state index is 13.0. The van der Waals surface area contributed by atoms with Gasteiger partial charge in [0.15, 0.2) is 0 Å². The van der Waals surface area contributed by atoms with Crippen LogP contribution in [0.4, 0.5) is 4.39 Å². The predicted octanol–water partition coefficient (Wildman–Crippen LogP) is 3.15. The van der Waals surface area contributed by atoms with E-state index in [1.807, 2.05) is 6.92 Å². The number of amides is 2. The zero-order valence-corrected chi connectivity index (χ0v) is 14.1. The summed E-state index contributed by atoms with van der Waals surface area (Å²) < 4.78 is 18.0. The smallest absolute Gasteiger partial charge is 0.257 e. The summed E-state index contributed by atoms with van der Waals surface area (Å²) >= 11 is 0. The lowest BCUT2D eigenvalue weighted by Gasteiger charge is -2.32. The molecule has 1 aromatic heterocycles. The average molecular weight is 344 g/mol. The standard InChI is InChI=1S/C19H21FN2O3/c1-13(14-4-6-17(20)7-5-14)21-18(23)15-3-2-9-22(11-15)19(24)16-8-10-25-12-16/h4-8,10,12-13,15H,2-3,9,11H2,1H3,(H,21,23). The second kappa shape index (κ2) is 7.51. The lowest BCUT2D eigenvalue weighted by Crippen LogP contribution is -2.45. The molecule has 1 saturated heterocycles. The number of piperidine rings is 1. The normalized spacial score (nSPS) is 18.6. The third-order valence-electron chi connectivity index (χ3n) is 4.58. The van der Waals surface area contributed by atoms with Crippen LogP contribution in [0.2, 0.25) is 0 Å². The molecule has 132 valence electrons. The van der Waals surface area contributed by atoms with Gasteiger partial charge in [0.1, 0.15) is 12.1 Å². The minimum Gasteiger partial charge on any atom is -0.472 e. The summed E-state index contributed by atoms with van der Waals surface area (Å²) in [4.78, 5) is 26.7. The summed E-state index contributed by atoms with van der Waals surface area (Å²) in [5.41, 5.74) is 1.35. The minimum absolute atomic E-state index is 0.0819. The van der Waals surface area contributed by atoms with Crippen LogP contribution in [0.1, 0.15) is 41.7 Å². The zero-order chi connectivity index (χ0) is 17.8. The Morgan fingerprint density at radius 3 is 2.72 bits per heavy atom. The number of nitrogens with zero attached hydrogens (tertiary/aromatic N) is 1. The first-order chi connectivity index (χ1) is 12.0. The molecule has 1 fully saturated rings. The lowest BCUT2D eigenvalue weighted by molar-refractivity contribution is -0.127. The summed E-state index contributed by atoms with van der Waals surface area (Å²) in [7, 11) is 0. The Hall–Kier alpha value is -2.63. The number of furan rings is 1. The molecule has 1 aliphatic rings. The van der Waals surface area contributed by atoms with E-state index in [4.69, 9.17) is 4.42 Å². The quantitative estimate of drug-likeness (QED) is 0.927. The van der Waals surface area contributed by atoms with Crippen molar-refractivity contribution in [3.63, 3.8) is 0 Å². The molecule has 0 aliphatic carbocycles. The van der Waals surface area contributed by atoms with Gasteiger partial charge in [-0.05, 0) is 43.5 Å². The van der Waals surface area contributed by atoms with E-state index in [-0.39, 0.29) is 29.6 Å². The summed E-state index contributed by atoms with van der Waals surface area (Å²) in [5, 5.41) is 2.96. The van der Waals surface area contributed by atoms with Crippen LogP contribution in [-0.2, 0) is 4.79 Å². The molecule has 0 spiro atoms. The van der Waals surface area contributed by atoms with Gasteiger partial charge in [0, 0.05) is 13.1 Å². The largest absolute Gasteiger partial charge is 0.472 e. The maximum absolute atomic E-state index is 13.0. The van der Waals surface area contributed by atoms with Crippen molar-refractivity contribution in [2.24, 2.45) is 5.92 Å². The van der Waals surface area contributed by atoms with E-state index in [9.17, 15) is 14.0 Å². The number of nitrogens with one attached hydrogen (secondary N) is 1. The van der Waals surface area contributed by atoms with Crippen LogP contribution >= 0.6 is 0 Å². The van der Waals surface area contributed by atoms with Gasteiger partial charge in [0.05, 0.1) is 23.8 Å².